The molecule has 0 spiro atoms. The zero-order valence-corrected chi connectivity index (χ0v) is 13.0. The van der Waals surface area contributed by atoms with Crippen LogP contribution in [0.2, 0.25) is 0 Å². The Morgan fingerprint density at radius 2 is 2.00 bits per heavy atom. The van der Waals surface area contributed by atoms with E-state index in [0.717, 1.165) is 19.4 Å². The molecule has 1 rings (SSSR count). The second-order valence-corrected chi connectivity index (χ2v) is 5.40. The van der Waals surface area contributed by atoms with Gasteiger partial charge in [-0.15, -0.1) is 0 Å². The number of imide groups is 1. The number of nitrogens with one attached hydrogen (secondary N) is 3. The van der Waals surface area contributed by atoms with E-state index in [1.807, 2.05) is 20.9 Å². The smallest absolute Gasteiger partial charge is 0.321 e. The van der Waals surface area contributed by atoms with E-state index in [1.54, 1.807) is 0 Å². The molecule has 116 valence electrons. The minimum absolute atomic E-state index is 0.230. The van der Waals surface area contributed by atoms with Gasteiger partial charge in [0.05, 0.1) is 6.04 Å². The van der Waals surface area contributed by atoms with Crippen molar-refractivity contribution in [3.05, 3.63) is 0 Å². The van der Waals surface area contributed by atoms with Crippen LogP contribution < -0.4 is 16.0 Å². The summed E-state index contributed by atoms with van der Waals surface area (Å²) >= 11 is 0. The Balaban J connectivity index is 2.64. The summed E-state index contributed by atoms with van der Waals surface area (Å²) in [5.74, 6) is -0.230. The molecule has 1 aliphatic heterocycles. The highest BCUT2D eigenvalue weighted by atomic mass is 16.2. The average Bonchev–Trinajstić information content (AvgIpc) is 2.45. The van der Waals surface area contributed by atoms with Gasteiger partial charge in [0.1, 0.15) is 0 Å². The first kappa shape index (κ1) is 16.9. The van der Waals surface area contributed by atoms with Gasteiger partial charge >= 0.3 is 6.03 Å². The van der Waals surface area contributed by atoms with Crippen molar-refractivity contribution in [2.45, 2.75) is 58.2 Å². The van der Waals surface area contributed by atoms with Crippen molar-refractivity contribution in [1.29, 1.82) is 0 Å². The summed E-state index contributed by atoms with van der Waals surface area (Å²) in [5.41, 5.74) is 0. The van der Waals surface area contributed by atoms with Crippen LogP contribution in [0.15, 0.2) is 0 Å². The molecule has 0 aromatic carbocycles. The maximum absolute atomic E-state index is 12.1. The summed E-state index contributed by atoms with van der Waals surface area (Å²) in [6, 6.07) is -0.0444. The minimum atomic E-state index is -0.417. The Hall–Kier alpha value is -1.14. The first-order valence-corrected chi connectivity index (χ1v) is 7.53. The van der Waals surface area contributed by atoms with E-state index in [9.17, 15) is 9.59 Å². The van der Waals surface area contributed by atoms with Crippen LogP contribution >= 0.6 is 0 Å². The van der Waals surface area contributed by atoms with E-state index < -0.39 is 6.03 Å². The highest BCUT2D eigenvalue weighted by Gasteiger charge is 2.33. The predicted octanol–water partition coefficient (Wildman–Crippen LogP) is 0.683. The topological polar surface area (TPSA) is 73.5 Å². The van der Waals surface area contributed by atoms with Crippen LogP contribution in [-0.2, 0) is 4.79 Å². The molecular weight excluding hydrogens is 256 g/mol. The number of hydrogen-bond donors (Lipinski definition) is 3. The van der Waals surface area contributed by atoms with Crippen LogP contribution in [0.3, 0.4) is 0 Å². The van der Waals surface area contributed by atoms with Gasteiger partial charge in [-0.05, 0) is 47.2 Å². The van der Waals surface area contributed by atoms with Gasteiger partial charge < -0.3 is 10.6 Å². The normalized spacial score (nSPS) is 22.9. The Bertz CT molecular complexity index is 335. The quantitative estimate of drug-likeness (QED) is 0.694. The van der Waals surface area contributed by atoms with E-state index in [2.05, 4.69) is 27.8 Å². The van der Waals surface area contributed by atoms with Gasteiger partial charge in [-0.3, -0.25) is 15.0 Å². The second kappa shape index (κ2) is 8.21. The monoisotopic (exact) mass is 284 g/mol. The summed E-state index contributed by atoms with van der Waals surface area (Å²) in [5, 5.41) is 8.25. The third kappa shape index (κ3) is 4.45. The molecule has 3 unspecified atom stereocenters. The summed E-state index contributed by atoms with van der Waals surface area (Å²) in [6.07, 6.45) is 3.38. The SMILES string of the molecule is CCNC(=O)NC(=O)C(C)N1CCCCC1C(C)NC. The van der Waals surface area contributed by atoms with Gasteiger partial charge in [0.25, 0.3) is 0 Å². The van der Waals surface area contributed by atoms with E-state index in [1.165, 1.54) is 6.42 Å². The number of nitrogens with zero attached hydrogens (tertiary/aromatic N) is 1. The molecule has 0 aromatic rings. The van der Waals surface area contributed by atoms with Gasteiger partial charge in [0.15, 0.2) is 0 Å². The van der Waals surface area contributed by atoms with Crippen molar-refractivity contribution in [3.8, 4) is 0 Å². The molecule has 3 amide bonds. The molecule has 1 aliphatic rings. The number of carbonyl (C=O) groups excluding carboxylic acids is 2. The van der Waals surface area contributed by atoms with Gasteiger partial charge in [-0.1, -0.05) is 6.42 Å². The van der Waals surface area contributed by atoms with E-state index >= 15 is 0 Å². The van der Waals surface area contributed by atoms with Crippen LogP contribution in [-0.4, -0.2) is 55.1 Å². The molecule has 20 heavy (non-hydrogen) atoms. The lowest BCUT2D eigenvalue weighted by molar-refractivity contribution is -0.126. The fourth-order valence-corrected chi connectivity index (χ4v) is 2.76. The molecule has 1 saturated heterocycles. The Labute approximate surface area is 121 Å². The lowest BCUT2D eigenvalue weighted by atomic mass is 9.94. The maximum atomic E-state index is 12.1. The fraction of sp³-hybridized carbons (Fsp3) is 0.857. The minimum Gasteiger partial charge on any atom is -0.338 e. The number of urea groups is 1. The second-order valence-electron chi connectivity index (χ2n) is 5.40. The van der Waals surface area contributed by atoms with Crippen molar-refractivity contribution >= 4 is 11.9 Å². The molecule has 3 N–H and O–H groups in total. The van der Waals surface area contributed by atoms with Crippen LogP contribution in [0.5, 0.6) is 0 Å². The number of rotatable bonds is 5. The van der Waals surface area contributed by atoms with Gasteiger partial charge in [0.2, 0.25) is 5.91 Å². The molecule has 6 heteroatoms. The Morgan fingerprint density at radius 1 is 1.30 bits per heavy atom. The maximum Gasteiger partial charge on any atom is 0.321 e. The number of likely N-dealkylation sites (tertiary alicyclic amines) is 1. The average molecular weight is 284 g/mol. The number of hydrogen-bond acceptors (Lipinski definition) is 4. The van der Waals surface area contributed by atoms with Crippen molar-refractivity contribution < 1.29 is 9.59 Å². The van der Waals surface area contributed by atoms with E-state index in [4.69, 9.17) is 0 Å². The highest BCUT2D eigenvalue weighted by Crippen LogP contribution is 2.22. The van der Waals surface area contributed by atoms with Crippen molar-refractivity contribution in [3.63, 3.8) is 0 Å². The van der Waals surface area contributed by atoms with Crippen LogP contribution in [0.1, 0.15) is 40.0 Å². The first-order chi connectivity index (χ1) is 9.51. The molecule has 0 aliphatic carbocycles. The first-order valence-electron chi connectivity index (χ1n) is 7.53. The zero-order chi connectivity index (χ0) is 15.1. The fourth-order valence-electron chi connectivity index (χ4n) is 2.76. The summed E-state index contributed by atoms with van der Waals surface area (Å²) in [4.78, 5) is 25.8. The number of likely N-dealkylation sites (N-methyl/N-ethyl adjacent to an activating group) is 1. The van der Waals surface area contributed by atoms with Crippen LogP contribution in [0.25, 0.3) is 0 Å². The standard InChI is InChI=1S/C14H28N4O2/c1-5-16-14(20)17-13(19)11(3)18-9-7-6-8-12(18)10(2)15-4/h10-12,15H,5-9H2,1-4H3,(H2,16,17,19,20). The predicted molar refractivity (Wildman–Crippen MR) is 79.5 cm³/mol. The number of piperidine rings is 1. The molecule has 6 nitrogen and oxygen atoms in total. The Morgan fingerprint density at radius 3 is 2.60 bits per heavy atom. The summed E-state index contributed by atoms with van der Waals surface area (Å²) in [6.45, 7) is 7.24. The largest absolute Gasteiger partial charge is 0.338 e. The lowest BCUT2D eigenvalue weighted by Crippen LogP contribution is -2.58. The van der Waals surface area contributed by atoms with Crippen molar-refractivity contribution in [2.75, 3.05) is 20.1 Å². The molecule has 0 aromatic heterocycles. The highest BCUT2D eigenvalue weighted by molar-refractivity contribution is 5.96. The van der Waals surface area contributed by atoms with Crippen molar-refractivity contribution in [2.24, 2.45) is 0 Å². The van der Waals surface area contributed by atoms with Crippen LogP contribution in [0, 0.1) is 0 Å². The van der Waals surface area contributed by atoms with E-state index in [0.29, 0.717) is 18.6 Å². The number of amides is 3. The molecule has 1 fully saturated rings. The molecule has 0 bridgehead atoms. The Kier molecular flexibility index (Phi) is 6.95. The summed E-state index contributed by atoms with van der Waals surface area (Å²) < 4.78 is 0. The third-order valence-corrected chi connectivity index (χ3v) is 4.08. The summed E-state index contributed by atoms with van der Waals surface area (Å²) in [7, 11) is 1.94. The van der Waals surface area contributed by atoms with Gasteiger partial charge in [0, 0.05) is 18.6 Å². The van der Waals surface area contributed by atoms with Gasteiger partial charge in [-0.2, -0.15) is 0 Å². The third-order valence-electron chi connectivity index (χ3n) is 4.08. The van der Waals surface area contributed by atoms with Gasteiger partial charge in [-0.25, -0.2) is 4.79 Å². The zero-order valence-electron chi connectivity index (χ0n) is 13.0. The van der Waals surface area contributed by atoms with Crippen molar-refractivity contribution in [1.82, 2.24) is 20.9 Å². The molecule has 3 atom stereocenters. The molecule has 0 radical (unpaired) electrons. The molecular formula is C14H28N4O2. The number of carbonyl (C=O) groups is 2. The lowest BCUT2D eigenvalue weighted by Gasteiger charge is -2.42. The van der Waals surface area contributed by atoms with Crippen LogP contribution in [0.4, 0.5) is 4.79 Å². The van der Waals surface area contributed by atoms with E-state index in [-0.39, 0.29) is 11.9 Å². The molecule has 1 heterocycles. The molecule has 0 saturated carbocycles.